The number of nitro benzene ring substituents is 1. The summed E-state index contributed by atoms with van der Waals surface area (Å²) in [6.45, 7) is 0. The molecule has 5 nitrogen and oxygen atoms in total. The highest BCUT2D eigenvalue weighted by atomic mass is 35.5. The highest BCUT2D eigenvalue weighted by molar-refractivity contribution is 6.34. The number of rotatable bonds is 3. The van der Waals surface area contributed by atoms with Crippen LogP contribution in [0.5, 0.6) is 0 Å². The quantitative estimate of drug-likeness (QED) is 0.642. The topological polar surface area (TPSA) is 63.5 Å². The van der Waals surface area contributed by atoms with Crippen molar-refractivity contribution < 1.29 is 14.1 Å². The molecule has 0 aromatic heterocycles. The Kier molecular flexibility index (Phi) is 4.18. The van der Waals surface area contributed by atoms with E-state index in [-0.39, 0.29) is 16.3 Å². The molecule has 0 spiro atoms. The van der Waals surface area contributed by atoms with E-state index >= 15 is 0 Å². The number of hydrogen-bond acceptors (Lipinski definition) is 3. The number of amides is 1. The number of nitrogens with zero attached hydrogens (tertiary/aromatic N) is 2. The minimum absolute atomic E-state index is 0.0110. The molecule has 2 aromatic carbocycles. The summed E-state index contributed by atoms with van der Waals surface area (Å²) in [7, 11) is 1.51. The number of hydrogen-bond donors (Lipinski definition) is 0. The normalized spacial score (nSPS) is 10.2. The van der Waals surface area contributed by atoms with Gasteiger partial charge in [0.2, 0.25) is 0 Å². The lowest BCUT2D eigenvalue weighted by molar-refractivity contribution is -0.384. The van der Waals surface area contributed by atoms with Crippen LogP contribution in [0, 0.1) is 15.9 Å². The molecule has 0 heterocycles. The van der Waals surface area contributed by atoms with Gasteiger partial charge in [-0.3, -0.25) is 14.9 Å². The molecule has 0 atom stereocenters. The average molecular weight is 309 g/mol. The van der Waals surface area contributed by atoms with Crippen LogP contribution < -0.4 is 4.90 Å². The van der Waals surface area contributed by atoms with Crippen molar-refractivity contribution in [1.29, 1.82) is 0 Å². The van der Waals surface area contributed by atoms with Gasteiger partial charge in [-0.25, -0.2) is 4.39 Å². The molecule has 108 valence electrons. The summed E-state index contributed by atoms with van der Waals surface area (Å²) in [5.74, 6) is -0.852. The Balaban J connectivity index is 2.31. The molecular weight excluding hydrogens is 299 g/mol. The van der Waals surface area contributed by atoms with Gasteiger partial charge < -0.3 is 4.90 Å². The van der Waals surface area contributed by atoms with Gasteiger partial charge in [-0.15, -0.1) is 0 Å². The molecular formula is C14H10ClFN2O3. The second-order valence-corrected chi connectivity index (χ2v) is 4.67. The number of carbonyl (C=O) groups excluding carboxylic acids is 1. The van der Waals surface area contributed by atoms with Crippen molar-refractivity contribution >= 4 is 28.9 Å². The molecule has 0 aliphatic carbocycles. The van der Waals surface area contributed by atoms with Crippen LogP contribution in [-0.2, 0) is 0 Å². The van der Waals surface area contributed by atoms with Crippen LogP contribution in [0.1, 0.15) is 10.4 Å². The van der Waals surface area contributed by atoms with Gasteiger partial charge in [0.15, 0.2) is 0 Å². The minimum Gasteiger partial charge on any atom is -0.311 e. The number of non-ortho nitro benzene ring substituents is 1. The summed E-state index contributed by atoms with van der Waals surface area (Å²) in [5.41, 5.74) is 0.422. The molecule has 0 saturated carbocycles. The Morgan fingerprint density at radius 2 is 1.86 bits per heavy atom. The molecule has 7 heteroatoms. The van der Waals surface area contributed by atoms with Crippen LogP contribution in [0.25, 0.3) is 0 Å². The van der Waals surface area contributed by atoms with E-state index in [0.717, 1.165) is 6.07 Å². The van der Waals surface area contributed by atoms with E-state index in [2.05, 4.69) is 0 Å². The van der Waals surface area contributed by atoms with Gasteiger partial charge in [0.25, 0.3) is 11.6 Å². The monoisotopic (exact) mass is 308 g/mol. The molecule has 21 heavy (non-hydrogen) atoms. The number of halogens is 2. The van der Waals surface area contributed by atoms with Crippen LogP contribution in [0.4, 0.5) is 15.8 Å². The lowest BCUT2D eigenvalue weighted by atomic mass is 10.1. The van der Waals surface area contributed by atoms with Crippen molar-refractivity contribution in [3.8, 4) is 0 Å². The maximum Gasteiger partial charge on any atom is 0.270 e. The Hall–Kier alpha value is -2.47. The zero-order valence-corrected chi connectivity index (χ0v) is 11.7. The van der Waals surface area contributed by atoms with Gasteiger partial charge in [0.1, 0.15) is 5.82 Å². The highest BCUT2D eigenvalue weighted by Gasteiger charge is 2.19. The molecule has 2 aromatic rings. The Morgan fingerprint density at radius 3 is 2.38 bits per heavy atom. The molecule has 0 fully saturated rings. The Bertz CT molecular complexity index is 704. The number of benzene rings is 2. The summed E-state index contributed by atoms with van der Waals surface area (Å²) in [6, 6.07) is 8.99. The smallest absolute Gasteiger partial charge is 0.270 e. The van der Waals surface area contributed by atoms with Crippen molar-refractivity contribution in [3.63, 3.8) is 0 Å². The SMILES string of the molecule is CN(C(=O)c1ccc([N+](=O)[O-])cc1Cl)c1ccc(F)cc1. The van der Waals surface area contributed by atoms with Crippen LogP contribution in [-0.4, -0.2) is 17.9 Å². The van der Waals surface area contributed by atoms with E-state index in [0.29, 0.717) is 5.69 Å². The zero-order chi connectivity index (χ0) is 15.6. The van der Waals surface area contributed by atoms with Crippen LogP contribution in [0.15, 0.2) is 42.5 Å². The second kappa shape index (κ2) is 5.88. The number of carbonyl (C=O) groups is 1. The molecule has 0 aliphatic rings. The second-order valence-electron chi connectivity index (χ2n) is 4.26. The predicted octanol–water partition coefficient (Wildman–Crippen LogP) is 3.66. The maximum atomic E-state index is 12.9. The largest absolute Gasteiger partial charge is 0.311 e. The van der Waals surface area contributed by atoms with E-state index < -0.39 is 16.6 Å². The van der Waals surface area contributed by atoms with Crippen molar-refractivity contribution in [2.45, 2.75) is 0 Å². The Labute approximate surface area is 124 Å². The predicted molar refractivity (Wildman–Crippen MR) is 77.2 cm³/mol. The fourth-order valence-electron chi connectivity index (χ4n) is 1.75. The van der Waals surface area contributed by atoms with Crippen LogP contribution >= 0.6 is 11.6 Å². The van der Waals surface area contributed by atoms with Gasteiger partial charge in [-0.1, -0.05) is 11.6 Å². The van der Waals surface area contributed by atoms with Crippen molar-refractivity contribution in [3.05, 3.63) is 69.0 Å². The third-order valence-electron chi connectivity index (χ3n) is 2.91. The van der Waals surface area contributed by atoms with Gasteiger partial charge in [-0.05, 0) is 30.3 Å². The standard InChI is InChI=1S/C14H10ClFN2O3/c1-17(10-4-2-9(16)3-5-10)14(19)12-7-6-11(18(20)21)8-13(12)15/h2-8H,1H3. The lowest BCUT2D eigenvalue weighted by Gasteiger charge is -2.18. The first kappa shape index (κ1) is 14.9. The van der Waals surface area contributed by atoms with E-state index in [1.54, 1.807) is 0 Å². The van der Waals surface area contributed by atoms with E-state index in [1.165, 1.54) is 48.3 Å². The lowest BCUT2D eigenvalue weighted by Crippen LogP contribution is -2.26. The fraction of sp³-hybridized carbons (Fsp3) is 0.0714. The summed E-state index contributed by atoms with van der Waals surface area (Å²) in [5, 5.41) is 10.6. The third-order valence-corrected chi connectivity index (χ3v) is 3.23. The summed E-state index contributed by atoms with van der Waals surface area (Å²) < 4.78 is 12.9. The summed E-state index contributed by atoms with van der Waals surface area (Å²) in [6.07, 6.45) is 0. The van der Waals surface area contributed by atoms with Crippen LogP contribution in [0.2, 0.25) is 5.02 Å². The molecule has 0 aliphatic heterocycles. The molecule has 0 saturated heterocycles. The van der Waals surface area contributed by atoms with Crippen molar-refractivity contribution in [1.82, 2.24) is 0 Å². The Morgan fingerprint density at radius 1 is 1.24 bits per heavy atom. The molecule has 0 radical (unpaired) electrons. The van der Waals surface area contributed by atoms with Gasteiger partial charge in [-0.2, -0.15) is 0 Å². The molecule has 0 N–H and O–H groups in total. The number of anilines is 1. The first-order valence-corrected chi connectivity index (χ1v) is 6.25. The van der Waals surface area contributed by atoms with Gasteiger partial charge >= 0.3 is 0 Å². The van der Waals surface area contributed by atoms with E-state index in [9.17, 15) is 19.3 Å². The number of nitro groups is 1. The van der Waals surface area contributed by atoms with Crippen LogP contribution in [0.3, 0.4) is 0 Å². The minimum atomic E-state index is -0.593. The fourth-order valence-corrected chi connectivity index (χ4v) is 2.01. The molecule has 0 unspecified atom stereocenters. The summed E-state index contributed by atoms with van der Waals surface area (Å²) >= 11 is 5.91. The zero-order valence-electron chi connectivity index (χ0n) is 10.9. The van der Waals surface area contributed by atoms with Gasteiger partial charge in [0, 0.05) is 24.9 Å². The van der Waals surface area contributed by atoms with E-state index in [1.807, 2.05) is 0 Å². The van der Waals surface area contributed by atoms with Gasteiger partial charge in [0.05, 0.1) is 15.5 Å². The first-order valence-electron chi connectivity index (χ1n) is 5.87. The molecule has 0 bridgehead atoms. The van der Waals surface area contributed by atoms with Crippen molar-refractivity contribution in [2.24, 2.45) is 0 Å². The summed E-state index contributed by atoms with van der Waals surface area (Å²) in [4.78, 5) is 23.6. The van der Waals surface area contributed by atoms with Crippen molar-refractivity contribution in [2.75, 3.05) is 11.9 Å². The third kappa shape index (κ3) is 3.17. The highest BCUT2D eigenvalue weighted by Crippen LogP contribution is 2.25. The van der Waals surface area contributed by atoms with E-state index in [4.69, 9.17) is 11.6 Å². The average Bonchev–Trinajstić information content (AvgIpc) is 2.46. The maximum absolute atomic E-state index is 12.9. The molecule has 1 amide bonds. The first-order chi connectivity index (χ1) is 9.90. The molecule has 2 rings (SSSR count).